The molecule has 1 aliphatic rings. The molecular formula is C21H20F3NO2. The van der Waals surface area contributed by atoms with Crippen molar-refractivity contribution in [1.29, 1.82) is 0 Å². The summed E-state index contributed by atoms with van der Waals surface area (Å²) >= 11 is 0. The van der Waals surface area contributed by atoms with E-state index >= 15 is 0 Å². The van der Waals surface area contributed by atoms with Gasteiger partial charge in [-0.15, -0.1) is 0 Å². The Morgan fingerprint density at radius 3 is 2.26 bits per heavy atom. The smallest absolute Gasteiger partial charge is 0.417 e. The van der Waals surface area contributed by atoms with E-state index in [1.54, 1.807) is 25.3 Å². The zero-order chi connectivity index (χ0) is 19.4. The lowest BCUT2D eigenvalue weighted by molar-refractivity contribution is -0.127. The van der Waals surface area contributed by atoms with Gasteiger partial charge in [-0.05, 0) is 36.1 Å². The zero-order valence-electron chi connectivity index (χ0n) is 14.9. The Labute approximate surface area is 156 Å². The van der Waals surface area contributed by atoms with Gasteiger partial charge in [-0.25, -0.2) is 0 Å². The van der Waals surface area contributed by atoms with Crippen LogP contribution in [0.2, 0.25) is 0 Å². The summed E-state index contributed by atoms with van der Waals surface area (Å²) in [5.41, 5.74) is -0.0928. The van der Waals surface area contributed by atoms with Gasteiger partial charge in [-0.3, -0.25) is 4.79 Å². The summed E-state index contributed by atoms with van der Waals surface area (Å²) in [5.74, 6) is 0.0656. The Kier molecular flexibility index (Phi) is 5.54. The van der Waals surface area contributed by atoms with Crippen LogP contribution in [0.5, 0.6) is 5.75 Å². The van der Waals surface area contributed by atoms with Gasteiger partial charge in [0.1, 0.15) is 5.75 Å². The molecule has 0 unspecified atom stereocenters. The molecule has 6 heteroatoms. The van der Waals surface area contributed by atoms with E-state index < -0.39 is 17.7 Å². The van der Waals surface area contributed by atoms with Crippen molar-refractivity contribution in [3.05, 3.63) is 71.8 Å². The quantitative estimate of drug-likeness (QED) is 0.677. The van der Waals surface area contributed by atoms with E-state index in [-0.39, 0.29) is 18.2 Å². The summed E-state index contributed by atoms with van der Waals surface area (Å²) < 4.78 is 45.6. The molecule has 1 saturated carbocycles. The highest BCUT2D eigenvalue weighted by atomic mass is 19.4. The second-order valence-electron chi connectivity index (χ2n) is 6.47. The van der Waals surface area contributed by atoms with Crippen LogP contribution in [0.3, 0.4) is 0 Å². The summed E-state index contributed by atoms with van der Waals surface area (Å²) in [6.07, 6.45) is -2.27. The maximum Gasteiger partial charge on any atom is 0.417 e. The molecule has 0 heterocycles. The van der Waals surface area contributed by atoms with Crippen molar-refractivity contribution < 1.29 is 22.7 Å². The molecule has 3 nitrogen and oxygen atoms in total. The molecule has 0 bridgehead atoms. The van der Waals surface area contributed by atoms with E-state index in [2.05, 4.69) is 0 Å². The van der Waals surface area contributed by atoms with E-state index in [1.165, 1.54) is 29.2 Å². The molecule has 1 fully saturated rings. The molecule has 142 valence electrons. The summed E-state index contributed by atoms with van der Waals surface area (Å²) in [5, 5.41) is 0. The van der Waals surface area contributed by atoms with Crippen molar-refractivity contribution in [2.75, 3.05) is 7.11 Å². The number of nitrogens with zero attached hydrogens (tertiary/aromatic N) is 1. The monoisotopic (exact) mass is 375 g/mol. The first kappa shape index (κ1) is 19.0. The minimum Gasteiger partial charge on any atom is -0.497 e. The first-order valence-corrected chi connectivity index (χ1v) is 8.66. The van der Waals surface area contributed by atoms with Crippen molar-refractivity contribution in [1.82, 2.24) is 4.90 Å². The molecule has 27 heavy (non-hydrogen) atoms. The van der Waals surface area contributed by atoms with Gasteiger partial charge < -0.3 is 9.64 Å². The van der Waals surface area contributed by atoms with Crippen LogP contribution in [0.25, 0.3) is 5.57 Å². The Morgan fingerprint density at radius 1 is 1.11 bits per heavy atom. The van der Waals surface area contributed by atoms with Gasteiger partial charge in [0.2, 0.25) is 5.91 Å². The molecule has 2 aromatic carbocycles. The van der Waals surface area contributed by atoms with Crippen molar-refractivity contribution in [2.45, 2.75) is 31.6 Å². The molecule has 0 atom stereocenters. The van der Waals surface area contributed by atoms with Gasteiger partial charge in [0.15, 0.2) is 0 Å². The lowest BCUT2D eigenvalue weighted by Crippen LogP contribution is -2.32. The Bertz CT molecular complexity index is 810. The van der Waals surface area contributed by atoms with Crippen LogP contribution in [0.4, 0.5) is 13.2 Å². The van der Waals surface area contributed by atoms with Crippen molar-refractivity contribution >= 4 is 11.5 Å². The van der Waals surface area contributed by atoms with E-state index in [4.69, 9.17) is 4.74 Å². The van der Waals surface area contributed by atoms with E-state index in [9.17, 15) is 18.0 Å². The number of amides is 1. The Balaban J connectivity index is 1.85. The van der Waals surface area contributed by atoms with Crippen LogP contribution in [0.15, 0.2) is 60.7 Å². The van der Waals surface area contributed by atoms with E-state index in [1.807, 2.05) is 12.1 Å². The molecule has 0 saturated heterocycles. The number of carbonyl (C=O) groups excluding carboxylic acids is 1. The SMILES string of the molecule is COc1ccc(CN(C(=O)/C=C(/c2ccccc2)C(F)(F)F)C2CC2)cc1. The number of rotatable bonds is 6. The standard InChI is InChI=1S/C21H20F3NO2/c1-27-18-11-7-15(8-12-18)14-25(17-9-10-17)20(26)13-19(21(22,23)24)16-5-3-2-4-6-16/h2-8,11-13,17H,9-10,14H2,1H3/b19-13-. The predicted molar refractivity (Wildman–Crippen MR) is 97.0 cm³/mol. The number of ether oxygens (including phenoxy) is 1. The lowest BCUT2D eigenvalue weighted by Gasteiger charge is -2.22. The average Bonchev–Trinajstić information content (AvgIpc) is 3.49. The molecular weight excluding hydrogens is 355 g/mol. The minimum atomic E-state index is -4.60. The summed E-state index contributed by atoms with van der Waals surface area (Å²) in [4.78, 5) is 14.2. The van der Waals surface area contributed by atoms with E-state index in [0.717, 1.165) is 24.5 Å². The molecule has 0 radical (unpaired) electrons. The zero-order valence-corrected chi connectivity index (χ0v) is 14.9. The Morgan fingerprint density at radius 2 is 1.74 bits per heavy atom. The lowest BCUT2D eigenvalue weighted by atomic mass is 10.0. The summed E-state index contributed by atoms with van der Waals surface area (Å²) in [6.45, 7) is 0.268. The van der Waals surface area contributed by atoms with Crippen molar-refractivity contribution in [3.8, 4) is 5.75 Å². The maximum absolute atomic E-state index is 13.5. The summed E-state index contributed by atoms with van der Waals surface area (Å²) in [6, 6.07) is 14.6. The van der Waals surface area contributed by atoms with Gasteiger partial charge in [0.25, 0.3) is 0 Å². The maximum atomic E-state index is 13.5. The Hall–Kier alpha value is -2.76. The fraction of sp³-hybridized carbons (Fsp3) is 0.286. The largest absolute Gasteiger partial charge is 0.497 e. The van der Waals surface area contributed by atoms with Gasteiger partial charge in [0, 0.05) is 18.7 Å². The van der Waals surface area contributed by atoms with Crippen molar-refractivity contribution in [2.24, 2.45) is 0 Å². The van der Waals surface area contributed by atoms with E-state index in [0.29, 0.717) is 5.75 Å². The number of halogens is 3. The van der Waals surface area contributed by atoms with Gasteiger partial charge in [-0.1, -0.05) is 42.5 Å². The minimum absolute atomic E-state index is 0.0129. The molecule has 0 spiro atoms. The molecule has 0 aliphatic heterocycles. The van der Waals surface area contributed by atoms with Crippen molar-refractivity contribution in [3.63, 3.8) is 0 Å². The number of alkyl halides is 3. The normalized spacial score (nSPS) is 14.7. The number of benzene rings is 2. The molecule has 1 amide bonds. The topological polar surface area (TPSA) is 29.5 Å². The van der Waals surface area contributed by atoms with Crippen LogP contribution in [0.1, 0.15) is 24.0 Å². The molecule has 1 aliphatic carbocycles. The van der Waals surface area contributed by atoms with Gasteiger partial charge >= 0.3 is 6.18 Å². The van der Waals surface area contributed by atoms with Gasteiger partial charge in [-0.2, -0.15) is 13.2 Å². The molecule has 0 N–H and O–H groups in total. The first-order valence-electron chi connectivity index (χ1n) is 8.66. The van der Waals surface area contributed by atoms with Gasteiger partial charge in [0.05, 0.1) is 12.7 Å². The molecule has 0 aromatic heterocycles. The number of hydrogen-bond donors (Lipinski definition) is 0. The number of hydrogen-bond acceptors (Lipinski definition) is 2. The highest BCUT2D eigenvalue weighted by Gasteiger charge is 2.37. The highest BCUT2D eigenvalue weighted by Crippen LogP contribution is 2.35. The highest BCUT2D eigenvalue weighted by molar-refractivity contribution is 5.96. The number of allylic oxidation sites excluding steroid dienone is 1. The predicted octanol–water partition coefficient (Wildman–Crippen LogP) is 4.83. The average molecular weight is 375 g/mol. The van der Waals surface area contributed by atoms with Crippen LogP contribution in [-0.4, -0.2) is 30.1 Å². The third-order valence-electron chi connectivity index (χ3n) is 4.44. The fourth-order valence-corrected chi connectivity index (χ4v) is 2.85. The fourth-order valence-electron chi connectivity index (χ4n) is 2.85. The number of methoxy groups -OCH3 is 1. The second kappa shape index (κ2) is 7.86. The third kappa shape index (κ3) is 4.90. The first-order chi connectivity index (χ1) is 12.9. The molecule has 2 aromatic rings. The summed E-state index contributed by atoms with van der Waals surface area (Å²) in [7, 11) is 1.56. The number of carbonyl (C=O) groups is 1. The second-order valence-corrected chi connectivity index (χ2v) is 6.47. The van der Waals surface area contributed by atoms with Crippen LogP contribution < -0.4 is 4.74 Å². The third-order valence-corrected chi connectivity index (χ3v) is 4.44. The molecule has 3 rings (SSSR count). The van der Waals surface area contributed by atoms with Crippen LogP contribution >= 0.6 is 0 Å². The van der Waals surface area contributed by atoms with Crippen LogP contribution in [-0.2, 0) is 11.3 Å². The van der Waals surface area contributed by atoms with Crippen LogP contribution in [0, 0.1) is 0 Å².